The van der Waals surface area contributed by atoms with Crippen LogP contribution in [0, 0.1) is 12.3 Å². The molecule has 0 saturated carbocycles. The quantitative estimate of drug-likeness (QED) is 0.420. The monoisotopic (exact) mass is 134 g/mol. The van der Waals surface area contributed by atoms with Crippen LogP contribution in [0.15, 0.2) is 23.8 Å². The molecule has 0 aromatic carbocycles. The van der Waals surface area contributed by atoms with Crippen molar-refractivity contribution < 1.29 is 4.74 Å². The molecule has 1 aliphatic carbocycles. The maximum absolute atomic E-state index is 5.12. The lowest BCUT2D eigenvalue weighted by Crippen LogP contribution is -1.96. The molecule has 1 rings (SSSR count). The molecule has 0 unspecified atom stereocenters. The lowest BCUT2D eigenvalue weighted by atomic mass is 10.2. The molecule has 0 fully saturated rings. The SMILES string of the molecule is C#CCOCC1=CC=CC1. The van der Waals surface area contributed by atoms with Crippen molar-refractivity contribution in [3.05, 3.63) is 23.8 Å². The van der Waals surface area contributed by atoms with Gasteiger partial charge in [0.15, 0.2) is 0 Å². The van der Waals surface area contributed by atoms with Crippen LogP contribution in [0.25, 0.3) is 0 Å². The second kappa shape index (κ2) is 3.92. The van der Waals surface area contributed by atoms with Crippen LogP contribution in [-0.2, 0) is 4.74 Å². The molecule has 0 spiro atoms. The Balaban J connectivity index is 2.11. The Morgan fingerprint density at radius 2 is 2.60 bits per heavy atom. The number of ether oxygens (including phenoxy) is 1. The highest BCUT2D eigenvalue weighted by Crippen LogP contribution is 2.09. The average molecular weight is 134 g/mol. The summed E-state index contributed by atoms with van der Waals surface area (Å²) in [6.07, 6.45) is 12.2. The van der Waals surface area contributed by atoms with Gasteiger partial charge in [-0.3, -0.25) is 0 Å². The number of allylic oxidation sites excluding steroid dienone is 3. The predicted molar refractivity (Wildman–Crippen MR) is 41.5 cm³/mol. The summed E-state index contributed by atoms with van der Waals surface area (Å²) in [4.78, 5) is 0. The minimum atomic E-state index is 0.414. The number of terminal acetylenes is 1. The Labute approximate surface area is 61.4 Å². The molecule has 0 aromatic heterocycles. The third-order valence-corrected chi connectivity index (χ3v) is 1.32. The van der Waals surface area contributed by atoms with Gasteiger partial charge < -0.3 is 4.74 Å². The van der Waals surface area contributed by atoms with E-state index in [1.165, 1.54) is 5.57 Å². The highest BCUT2D eigenvalue weighted by atomic mass is 16.5. The van der Waals surface area contributed by atoms with Crippen LogP contribution < -0.4 is 0 Å². The van der Waals surface area contributed by atoms with Crippen molar-refractivity contribution in [2.24, 2.45) is 0 Å². The molecule has 0 radical (unpaired) electrons. The second-order valence-electron chi connectivity index (χ2n) is 2.15. The van der Waals surface area contributed by atoms with E-state index in [4.69, 9.17) is 11.2 Å². The minimum absolute atomic E-state index is 0.414. The molecule has 0 heterocycles. The number of hydrogen-bond donors (Lipinski definition) is 0. The van der Waals surface area contributed by atoms with Gasteiger partial charge in [-0.2, -0.15) is 0 Å². The molecule has 52 valence electrons. The summed E-state index contributed by atoms with van der Waals surface area (Å²) < 4.78 is 5.12. The average Bonchev–Trinajstić information content (AvgIpc) is 2.41. The maximum atomic E-state index is 5.12. The van der Waals surface area contributed by atoms with Crippen LogP contribution in [0.4, 0.5) is 0 Å². The molecular formula is C9H10O. The van der Waals surface area contributed by atoms with E-state index in [0.29, 0.717) is 13.2 Å². The molecule has 10 heavy (non-hydrogen) atoms. The Morgan fingerprint density at radius 3 is 3.20 bits per heavy atom. The number of rotatable bonds is 3. The van der Waals surface area contributed by atoms with Crippen LogP contribution in [0.3, 0.4) is 0 Å². The van der Waals surface area contributed by atoms with E-state index in [9.17, 15) is 0 Å². The molecule has 0 N–H and O–H groups in total. The summed E-state index contributed by atoms with van der Waals surface area (Å²) in [5.74, 6) is 2.42. The van der Waals surface area contributed by atoms with E-state index in [2.05, 4.69) is 18.1 Å². The zero-order valence-corrected chi connectivity index (χ0v) is 5.84. The molecule has 1 nitrogen and oxygen atoms in total. The summed E-state index contributed by atoms with van der Waals surface area (Å²) in [6, 6.07) is 0. The maximum Gasteiger partial charge on any atom is 0.107 e. The molecule has 1 aliphatic rings. The Kier molecular flexibility index (Phi) is 2.79. The van der Waals surface area contributed by atoms with E-state index < -0.39 is 0 Å². The van der Waals surface area contributed by atoms with Gasteiger partial charge in [0.2, 0.25) is 0 Å². The lowest BCUT2D eigenvalue weighted by molar-refractivity contribution is 0.191. The summed E-state index contributed by atoms with van der Waals surface area (Å²) in [5, 5.41) is 0. The second-order valence-corrected chi connectivity index (χ2v) is 2.15. The van der Waals surface area contributed by atoms with Gasteiger partial charge in [-0.25, -0.2) is 0 Å². The molecule has 0 saturated heterocycles. The van der Waals surface area contributed by atoms with Gasteiger partial charge in [0, 0.05) is 0 Å². The van der Waals surface area contributed by atoms with Gasteiger partial charge in [-0.15, -0.1) is 6.42 Å². The van der Waals surface area contributed by atoms with Crippen LogP contribution in [0.2, 0.25) is 0 Å². The van der Waals surface area contributed by atoms with Crippen molar-refractivity contribution in [1.29, 1.82) is 0 Å². The van der Waals surface area contributed by atoms with Crippen molar-refractivity contribution in [3.8, 4) is 12.3 Å². The zero-order valence-electron chi connectivity index (χ0n) is 5.84. The fourth-order valence-corrected chi connectivity index (χ4v) is 0.840. The summed E-state index contributed by atoms with van der Waals surface area (Å²) >= 11 is 0. The van der Waals surface area contributed by atoms with Gasteiger partial charge in [0.1, 0.15) is 6.61 Å². The van der Waals surface area contributed by atoms with Gasteiger partial charge in [0.05, 0.1) is 6.61 Å². The summed E-state index contributed by atoms with van der Waals surface area (Å²) in [7, 11) is 0. The Hall–Kier alpha value is -1.00. The van der Waals surface area contributed by atoms with Crippen molar-refractivity contribution in [3.63, 3.8) is 0 Å². The third kappa shape index (κ3) is 2.08. The van der Waals surface area contributed by atoms with Crippen LogP contribution in [0.1, 0.15) is 6.42 Å². The first-order chi connectivity index (χ1) is 4.93. The first-order valence-electron chi connectivity index (χ1n) is 3.29. The first kappa shape index (κ1) is 7.11. The molecular weight excluding hydrogens is 124 g/mol. The van der Waals surface area contributed by atoms with Gasteiger partial charge in [-0.05, 0) is 12.0 Å². The molecule has 0 atom stereocenters. The van der Waals surface area contributed by atoms with Crippen LogP contribution in [0.5, 0.6) is 0 Å². The zero-order chi connectivity index (χ0) is 7.23. The largest absolute Gasteiger partial charge is 0.364 e. The summed E-state index contributed by atoms with van der Waals surface area (Å²) in [5.41, 5.74) is 1.30. The molecule has 0 aliphatic heterocycles. The topological polar surface area (TPSA) is 9.23 Å². The number of hydrogen-bond acceptors (Lipinski definition) is 1. The standard InChI is InChI=1S/C9H10O/c1-2-7-10-8-9-5-3-4-6-9/h1,3-5H,6-8H2. The lowest BCUT2D eigenvalue weighted by Gasteiger charge is -1.99. The van der Waals surface area contributed by atoms with Gasteiger partial charge in [0.25, 0.3) is 0 Å². The molecule has 0 aromatic rings. The molecule has 1 heteroatoms. The van der Waals surface area contributed by atoms with Crippen LogP contribution in [-0.4, -0.2) is 13.2 Å². The smallest absolute Gasteiger partial charge is 0.107 e. The highest BCUT2D eigenvalue weighted by molar-refractivity contribution is 5.23. The predicted octanol–water partition coefficient (Wildman–Crippen LogP) is 1.52. The van der Waals surface area contributed by atoms with E-state index >= 15 is 0 Å². The van der Waals surface area contributed by atoms with Crippen molar-refractivity contribution in [1.82, 2.24) is 0 Å². The first-order valence-corrected chi connectivity index (χ1v) is 3.29. The van der Waals surface area contributed by atoms with Crippen molar-refractivity contribution >= 4 is 0 Å². The Morgan fingerprint density at radius 1 is 1.70 bits per heavy atom. The van der Waals surface area contributed by atoms with Gasteiger partial charge >= 0.3 is 0 Å². The van der Waals surface area contributed by atoms with E-state index in [-0.39, 0.29) is 0 Å². The van der Waals surface area contributed by atoms with Crippen molar-refractivity contribution in [2.45, 2.75) is 6.42 Å². The van der Waals surface area contributed by atoms with Crippen LogP contribution >= 0.6 is 0 Å². The molecule has 0 bridgehead atoms. The normalized spacial score (nSPS) is 14.9. The third-order valence-electron chi connectivity index (χ3n) is 1.32. The fraction of sp³-hybridized carbons (Fsp3) is 0.333. The minimum Gasteiger partial charge on any atom is -0.364 e. The molecule has 0 amide bonds. The fourth-order valence-electron chi connectivity index (χ4n) is 0.840. The van der Waals surface area contributed by atoms with E-state index in [0.717, 1.165) is 6.42 Å². The summed E-state index contributed by atoms with van der Waals surface area (Å²) in [6.45, 7) is 1.09. The van der Waals surface area contributed by atoms with Gasteiger partial charge in [-0.1, -0.05) is 24.1 Å². The Bertz CT molecular complexity index is 193. The van der Waals surface area contributed by atoms with E-state index in [1.54, 1.807) is 0 Å². The highest BCUT2D eigenvalue weighted by Gasteiger charge is 1.97. The van der Waals surface area contributed by atoms with Crippen molar-refractivity contribution in [2.75, 3.05) is 13.2 Å². The van der Waals surface area contributed by atoms with E-state index in [1.807, 2.05) is 6.08 Å².